The molecule has 0 unspecified atom stereocenters. The summed E-state index contributed by atoms with van der Waals surface area (Å²) in [5.74, 6) is -9.49. The number of urea groups is 1. The lowest BCUT2D eigenvalue weighted by molar-refractivity contribution is -0.139. The molecule has 26 nitrogen and oxygen atoms in total. The Labute approximate surface area is 430 Å². The third-order valence-electron chi connectivity index (χ3n) is 11.8. The predicted octanol–water partition coefficient (Wildman–Crippen LogP) is -2.45. The normalized spacial score (nSPS) is 23.1. The number of primary amides is 1. The first-order valence-corrected chi connectivity index (χ1v) is 25.7. The monoisotopic (exact) mass is 1060 g/mol. The zero-order chi connectivity index (χ0) is 53.3. The zero-order valence-electron chi connectivity index (χ0n) is 39.7. The molecule has 2 aliphatic heterocycles. The van der Waals surface area contributed by atoms with E-state index < -0.39 is 121 Å². The largest absolute Gasteiger partial charge is 0.481 e. The number of amides is 10. The van der Waals surface area contributed by atoms with Crippen molar-refractivity contribution in [2.75, 3.05) is 24.6 Å². The highest BCUT2D eigenvalue weighted by atomic mass is 33.1. The Morgan fingerprint density at radius 3 is 1.92 bits per heavy atom. The SMILES string of the molecule is NC(=O)[C@@H]1CSSC[C@H](N2C(=O)CNC2=O)C(=O)N[C@@H](CCC(=O)O)C(=O)N[C@@H](Cc2cnc[nH]2)C(=O)N[C@H](Cc2ccccc2)C(=O)N[C@@H](CCCN=C(N)N)C(=O)N[C@@H](Cc2c[nH]c3ccccc23)C(=O)N1. The molecule has 0 bridgehead atoms. The standard InChI is InChI=1S/C46H57N15O11S2/c47-38(65)34-21-73-74-22-35(61-36(62)20-53-46(61)72)44(71)56-30(12-13-37(63)64)40(67)59-33(17-26-19-50-23-54-26)43(70)57-31(15-24-7-2-1-3-8-24)41(68)55-29(11-6-14-51-45(48)49)39(66)58-32(42(69)60-34)16-25-18-52-28-10-5-4-9-27(25)28/h1-5,7-10,18-19,23,29-35,52H,6,11-17,20-22H2,(H2,47,65)(H,50,54)(H,53,72)(H,55,68)(H,56,71)(H,57,70)(H,58,66)(H,59,67)(H,60,69)(H,63,64)(H4,48,49,51)/t29-,30-,31+,32-,33-,34-,35-/m0/s1. The number of carboxylic acids is 1. The second-order valence-electron chi connectivity index (χ2n) is 17.2. The number of carboxylic acid groups (broad SMARTS) is 1. The average molecular weight is 1060 g/mol. The van der Waals surface area contributed by atoms with Crippen molar-refractivity contribution in [3.63, 3.8) is 0 Å². The van der Waals surface area contributed by atoms with Crippen LogP contribution in [-0.4, -0.2) is 157 Å². The Balaban J connectivity index is 1.41. The molecule has 28 heteroatoms. The summed E-state index contributed by atoms with van der Waals surface area (Å²) in [5, 5.41) is 28.5. The van der Waals surface area contributed by atoms with E-state index in [1.54, 1.807) is 54.7 Å². The van der Waals surface area contributed by atoms with Crippen LogP contribution in [0.4, 0.5) is 4.79 Å². The minimum atomic E-state index is -1.67. The summed E-state index contributed by atoms with van der Waals surface area (Å²) in [6, 6.07) is 4.32. The summed E-state index contributed by atoms with van der Waals surface area (Å²) < 4.78 is 0. The van der Waals surface area contributed by atoms with Gasteiger partial charge in [-0.05, 0) is 36.5 Å². The lowest BCUT2D eigenvalue weighted by atomic mass is 10.0. The van der Waals surface area contributed by atoms with E-state index in [0.29, 0.717) is 21.7 Å². The lowest BCUT2D eigenvalue weighted by Gasteiger charge is -2.28. The maximum Gasteiger partial charge on any atom is 0.325 e. The first-order valence-electron chi connectivity index (χ1n) is 23.3. The van der Waals surface area contributed by atoms with Crippen molar-refractivity contribution in [2.45, 2.75) is 87.2 Å². The van der Waals surface area contributed by atoms with E-state index in [4.69, 9.17) is 17.2 Å². The molecule has 74 heavy (non-hydrogen) atoms. The van der Waals surface area contributed by atoms with E-state index in [-0.39, 0.29) is 56.1 Å². The molecule has 2 aromatic heterocycles. The van der Waals surface area contributed by atoms with Crippen LogP contribution >= 0.6 is 21.6 Å². The minimum Gasteiger partial charge on any atom is -0.481 e. The van der Waals surface area contributed by atoms with Crippen LogP contribution in [0, 0.1) is 0 Å². The van der Waals surface area contributed by atoms with Gasteiger partial charge in [-0.2, -0.15) is 0 Å². The maximum absolute atomic E-state index is 14.6. The van der Waals surface area contributed by atoms with Crippen LogP contribution in [-0.2, 0) is 62.4 Å². The minimum absolute atomic E-state index is 0.0343. The molecule has 0 radical (unpaired) electrons. The third kappa shape index (κ3) is 15.7. The van der Waals surface area contributed by atoms with Crippen LogP contribution in [0.5, 0.6) is 0 Å². The topological polar surface area (TPSA) is 413 Å². The van der Waals surface area contributed by atoms with Crippen molar-refractivity contribution < 1.29 is 53.1 Å². The smallest absolute Gasteiger partial charge is 0.325 e. The van der Waals surface area contributed by atoms with Gasteiger partial charge in [-0.1, -0.05) is 70.1 Å². The number of fused-ring (bicyclic) bond motifs is 1. The third-order valence-corrected chi connectivity index (χ3v) is 14.2. The van der Waals surface area contributed by atoms with Crippen LogP contribution in [0.1, 0.15) is 42.5 Å². The highest BCUT2D eigenvalue weighted by Gasteiger charge is 2.41. The van der Waals surface area contributed by atoms with Gasteiger partial charge < -0.3 is 69.5 Å². The molecule has 10 amide bonds. The molecule has 6 rings (SSSR count). The molecular weight excluding hydrogens is 1000 g/mol. The summed E-state index contributed by atoms with van der Waals surface area (Å²) >= 11 is 0. The lowest BCUT2D eigenvalue weighted by Crippen LogP contribution is -2.61. The van der Waals surface area contributed by atoms with Crippen molar-refractivity contribution in [1.82, 2.24) is 57.1 Å². The van der Waals surface area contributed by atoms with Crippen LogP contribution in [0.25, 0.3) is 10.9 Å². The van der Waals surface area contributed by atoms with E-state index >= 15 is 0 Å². The summed E-state index contributed by atoms with van der Waals surface area (Å²) in [6.45, 7) is -0.422. The Bertz CT molecular complexity index is 2700. The number of rotatable bonds is 15. The number of nitrogens with two attached hydrogens (primary N) is 3. The average Bonchev–Trinajstić information content (AvgIpc) is 4.12. The van der Waals surface area contributed by atoms with Crippen LogP contribution in [0.15, 0.2) is 78.3 Å². The number of hydrogen-bond donors (Lipinski definition) is 13. The quantitative estimate of drug-likeness (QED) is 0.0193. The number of carbonyl (C=O) groups is 10. The predicted molar refractivity (Wildman–Crippen MR) is 271 cm³/mol. The van der Waals surface area contributed by atoms with Crippen molar-refractivity contribution >= 4 is 97.7 Å². The molecule has 394 valence electrons. The number of aromatic nitrogens is 3. The number of imidazole rings is 1. The highest BCUT2D eigenvalue weighted by molar-refractivity contribution is 8.76. The van der Waals surface area contributed by atoms with Gasteiger partial charge in [0.05, 0.1) is 12.9 Å². The molecular formula is C46H57N15O11S2. The van der Waals surface area contributed by atoms with Gasteiger partial charge in [-0.3, -0.25) is 48.1 Å². The fourth-order valence-electron chi connectivity index (χ4n) is 7.99. The fourth-order valence-corrected chi connectivity index (χ4v) is 10.4. The summed E-state index contributed by atoms with van der Waals surface area (Å²) in [7, 11) is 1.83. The van der Waals surface area contributed by atoms with Gasteiger partial charge in [-0.15, -0.1) is 0 Å². The number of H-pyrrole nitrogens is 2. The number of nitrogens with one attached hydrogen (secondary N) is 9. The van der Waals surface area contributed by atoms with Crippen LogP contribution < -0.4 is 54.4 Å². The second-order valence-corrected chi connectivity index (χ2v) is 19.7. The molecule has 16 N–H and O–H groups in total. The molecule has 0 aliphatic carbocycles. The van der Waals surface area contributed by atoms with Crippen molar-refractivity contribution in [3.8, 4) is 0 Å². The molecule has 2 saturated heterocycles. The molecule has 7 atom stereocenters. The van der Waals surface area contributed by atoms with Gasteiger partial charge >= 0.3 is 12.0 Å². The van der Waals surface area contributed by atoms with E-state index in [2.05, 4.69) is 57.2 Å². The number of benzene rings is 2. The molecule has 2 aromatic carbocycles. The first kappa shape index (κ1) is 55.2. The van der Waals surface area contributed by atoms with E-state index in [0.717, 1.165) is 32.5 Å². The Kier molecular flexibility index (Phi) is 19.8. The number of nitrogens with zero attached hydrogens (tertiary/aromatic N) is 3. The van der Waals surface area contributed by atoms with Gasteiger partial charge in [0.15, 0.2) is 5.96 Å². The Morgan fingerprint density at radius 2 is 1.28 bits per heavy atom. The number of aliphatic carboxylic acids is 1. The highest BCUT2D eigenvalue weighted by Crippen LogP contribution is 2.26. The molecule has 0 spiro atoms. The molecule has 4 heterocycles. The van der Waals surface area contributed by atoms with Gasteiger partial charge in [0, 0.05) is 72.7 Å². The van der Waals surface area contributed by atoms with Crippen LogP contribution in [0.2, 0.25) is 0 Å². The fraction of sp³-hybridized carbons (Fsp3) is 0.391. The van der Waals surface area contributed by atoms with E-state index in [1.165, 1.54) is 12.5 Å². The van der Waals surface area contributed by atoms with Gasteiger partial charge in [-0.25, -0.2) is 14.7 Å². The molecule has 2 aliphatic rings. The molecule has 4 aromatic rings. The van der Waals surface area contributed by atoms with Crippen molar-refractivity contribution in [2.24, 2.45) is 22.2 Å². The number of para-hydroxylation sites is 1. The van der Waals surface area contributed by atoms with Gasteiger partial charge in [0.25, 0.3) is 5.91 Å². The summed E-state index contributed by atoms with van der Waals surface area (Å²) in [6.07, 6.45) is 2.68. The number of carbonyl (C=O) groups excluding carboxylic acids is 9. The molecule has 2 fully saturated rings. The van der Waals surface area contributed by atoms with Crippen molar-refractivity contribution in [1.29, 1.82) is 0 Å². The van der Waals surface area contributed by atoms with Crippen LogP contribution in [0.3, 0.4) is 0 Å². The zero-order valence-corrected chi connectivity index (χ0v) is 41.3. The number of hydrogen-bond acceptors (Lipinski definition) is 14. The Morgan fingerprint density at radius 1 is 0.689 bits per heavy atom. The maximum atomic E-state index is 14.6. The number of aromatic amines is 2. The second kappa shape index (κ2) is 26.5. The summed E-state index contributed by atoms with van der Waals surface area (Å²) in [4.78, 5) is 152. The van der Waals surface area contributed by atoms with E-state index in [9.17, 15) is 53.1 Å². The van der Waals surface area contributed by atoms with E-state index in [1.807, 2.05) is 6.07 Å². The van der Waals surface area contributed by atoms with Gasteiger partial charge in [0.2, 0.25) is 41.4 Å². The molecule has 0 saturated carbocycles. The summed E-state index contributed by atoms with van der Waals surface area (Å²) in [5.41, 5.74) is 19.2. The number of imide groups is 1. The number of aliphatic imine (C=N–C) groups is 1. The van der Waals surface area contributed by atoms with Crippen molar-refractivity contribution in [3.05, 3.63) is 90.1 Å². The first-order chi connectivity index (χ1) is 35.5. The van der Waals surface area contributed by atoms with Gasteiger partial charge in [0.1, 0.15) is 42.3 Å². The number of guanidine groups is 1. The Hall–Kier alpha value is -8.14.